The number of amides is 1. The molecule has 0 atom stereocenters. The van der Waals surface area contributed by atoms with Crippen molar-refractivity contribution in [3.8, 4) is 11.5 Å². The molecule has 1 amide bonds. The van der Waals surface area contributed by atoms with Crippen LogP contribution >= 0.6 is 0 Å². The molecule has 0 saturated carbocycles. The van der Waals surface area contributed by atoms with E-state index in [9.17, 15) is 9.90 Å². The molecule has 21 heavy (non-hydrogen) atoms. The average molecular weight is 299 g/mol. The summed E-state index contributed by atoms with van der Waals surface area (Å²) >= 11 is 0. The maximum atomic E-state index is 10.9. The van der Waals surface area contributed by atoms with E-state index in [4.69, 9.17) is 10.2 Å². The normalized spacial score (nSPS) is 8.81. The predicted octanol–water partition coefficient (Wildman–Crippen LogP) is 2.58. The number of phenolic OH excluding ortho intramolecular Hbond substituents is 2. The van der Waals surface area contributed by atoms with Gasteiger partial charge in [0.1, 0.15) is 0 Å². The summed E-state index contributed by atoms with van der Waals surface area (Å²) in [6, 6.07) is 4.65. The van der Waals surface area contributed by atoms with E-state index in [0.29, 0.717) is 19.4 Å². The molecule has 0 spiro atoms. The van der Waals surface area contributed by atoms with Crippen LogP contribution in [0.2, 0.25) is 0 Å². The predicted molar refractivity (Wildman–Crippen MR) is 85.5 cm³/mol. The fraction of sp³-hybridized carbons (Fsp3) is 0.562. The number of phenols is 2. The zero-order chi connectivity index (χ0) is 16.7. The molecule has 5 nitrogen and oxygen atoms in total. The van der Waals surface area contributed by atoms with Crippen LogP contribution < -0.4 is 5.32 Å². The number of rotatable bonds is 4. The number of benzene rings is 1. The van der Waals surface area contributed by atoms with E-state index in [0.717, 1.165) is 5.56 Å². The van der Waals surface area contributed by atoms with E-state index in [1.165, 1.54) is 18.6 Å². The van der Waals surface area contributed by atoms with Gasteiger partial charge in [-0.05, 0) is 31.0 Å². The smallest absolute Gasteiger partial charge is 0.219 e. The van der Waals surface area contributed by atoms with E-state index in [-0.39, 0.29) is 24.0 Å². The Hall–Kier alpha value is -1.75. The van der Waals surface area contributed by atoms with E-state index in [2.05, 4.69) is 19.2 Å². The van der Waals surface area contributed by atoms with Crippen LogP contribution in [0.5, 0.6) is 11.5 Å². The minimum absolute atomic E-state index is 0.0120. The molecule has 0 unspecified atom stereocenters. The SMILES string of the molecule is CCC.CCC(=O)NCCc1ccc(O)c(O)c1.CCO. The van der Waals surface area contributed by atoms with Gasteiger partial charge < -0.3 is 20.6 Å². The van der Waals surface area contributed by atoms with Gasteiger partial charge in [0.15, 0.2) is 11.5 Å². The molecule has 0 bridgehead atoms. The molecule has 0 aromatic heterocycles. The van der Waals surface area contributed by atoms with Gasteiger partial charge in [-0.2, -0.15) is 0 Å². The van der Waals surface area contributed by atoms with Gasteiger partial charge >= 0.3 is 0 Å². The maximum Gasteiger partial charge on any atom is 0.219 e. The van der Waals surface area contributed by atoms with Crippen molar-refractivity contribution >= 4 is 5.91 Å². The summed E-state index contributed by atoms with van der Waals surface area (Å²) < 4.78 is 0. The van der Waals surface area contributed by atoms with Gasteiger partial charge in [0, 0.05) is 19.6 Å². The fourth-order valence-electron chi connectivity index (χ4n) is 1.20. The number of hydrogen-bond acceptors (Lipinski definition) is 4. The Labute approximate surface area is 127 Å². The van der Waals surface area contributed by atoms with Gasteiger partial charge in [0.05, 0.1) is 0 Å². The number of carbonyl (C=O) groups excluding carboxylic acids is 1. The molecule has 5 heteroatoms. The molecule has 1 aromatic rings. The molecular weight excluding hydrogens is 270 g/mol. The highest BCUT2D eigenvalue weighted by molar-refractivity contribution is 5.75. The lowest BCUT2D eigenvalue weighted by Crippen LogP contribution is -2.24. The number of hydrogen-bond donors (Lipinski definition) is 4. The molecule has 0 aliphatic carbocycles. The molecule has 0 aliphatic heterocycles. The Morgan fingerprint density at radius 3 is 2.05 bits per heavy atom. The Morgan fingerprint density at radius 2 is 1.62 bits per heavy atom. The third kappa shape index (κ3) is 13.0. The molecule has 122 valence electrons. The summed E-state index contributed by atoms with van der Waals surface area (Å²) in [6.07, 6.45) is 2.36. The van der Waals surface area contributed by atoms with Crippen molar-refractivity contribution in [1.82, 2.24) is 5.32 Å². The number of aromatic hydroxyl groups is 2. The number of carbonyl (C=O) groups is 1. The quantitative estimate of drug-likeness (QED) is 0.643. The minimum Gasteiger partial charge on any atom is -0.504 e. The van der Waals surface area contributed by atoms with Crippen LogP contribution in [0.4, 0.5) is 0 Å². The summed E-state index contributed by atoms with van der Waals surface area (Å²) in [6.45, 7) is 8.51. The monoisotopic (exact) mass is 299 g/mol. The van der Waals surface area contributed by atoms with Crippen LogP contribution in [0.3, 0.4) is 0 Å². The highest BCUT2D eigenvalue weighted by Crippen LogP contribution is 2.24. The Kier molecular flexibility index (Phi) is 15.0. The molecular formula is C16H29NO4. The molecule has 0 saturated heterocycles. The van der Waals surface area contributed by atoms with E-state index in [1.54, 1.807) is 19.9 Å². The lowest BCUT2D eigenvalue weighted by molar-refractivity contribution is -0.120. The first-order chi connectivity index (χ1) is 9.96. The van der Waals surface area contributed by atoms with Crippen molar-refractivity contribution in [2.24, 2.45) is 0 Å². The van der Waals surface area contributed by atoms with Gasteiger partial charge in [0.2, 0.25) is 5.91 Å². The van der Waals surface area contributed by atoms with Crippen LogP contribution in [0.1, 0.15) is 46.1 Å². The summed E-state index contributed by atoms with van der Waals surface area (Å²) in [5, 5.41) is 28.6. The number of aliphatic hydroxyl groups excluding tert-OH is 1. The Bertz CT molecular complexity index is 379. The standard InChI is InChI=1S/C11H15NO3.C3H8.C2H6O/c1-2-11(15)12-6-5-8-3-4-9(13)10(14)7-8;1-3-2;1-2-3/h3-4,7,13-14H,2,5-6H2,1H3,(H,12,15);3H2,1-2H3;3H,2H2,1H3. The zero-order valence-corrected chi connectivity index (χ0v) is 13.5. The molecule has 0 fully saturated rings. The van der Waals surface area contributed by atoms with Crippen molar-refractivity contribution in [3.63, 3.8) is 0 Å². The zero-order valence-electron chi connectivity index (χ0n) is 13.5. The first-order valence-corrected chi connectivity index (χ1v) is 7.34. The van der Waals surface area contributed by atoms with Gasteiger partial charge in [-0.3, -0.25) is 4.79 Å². The van der Waals surface area contributed by atoms with Crippen molar-refractivity contribution in [1.29, 1.82) is 0 Å². The molecule has 0 aliphatic rings. The molecule has 4 N–H and O–H groups in total. The molecule has 0 radical (unpaired) electrons. The first-order valence-electron chi connectivity index (χ1n) is 7.34. The van der Waals surface area contributed by atoms with Crippen LogP contribution in [0.15, 0.2) is 18.2 Å². The third-order valence-electron chi connectivity index (χ3n) is 2.10. The second-order valence-corrected chi connectivity index (χ2v) is 4.30. The van der Waals surface area contributed by atoms with Crippen LogP contribution in [-0.2, 0) is 11.2 Å². The minimum atomic E-state index is -0.130. The largest absolute Gasteiger partial charge is 0.504 e. The molecule has 1 rings (SSSR count). The van der Waals surface area contributed by atoms with Crippen LogP contribution in [0, 0.1) is 0 Å². The summed E-state index contributed by atoms with van der Waals surface area (Å²) in [4.78, 5) is 10.9. The van der Waals surface area contributed by atoms with Gasteiger partial charge in [-0.15, -0.1) is 0 Å². The van der Waals surface area contributed by atoms with Gasteiger partial charge in [-0.1, -0.05) is 33.3 Å². The van der Waals surface area contributed by atoms with E-state index in [1.807, 2.05) is 0 Å². The fourth-order valence-corrected chi connectivity index (χ4v) is 1.20. The topological polar surface area (TPSA) is 89.8 Å². The van der Waals surface area contributed by atoms with Crippen LogP contribution in [0.25, 0.3) is 0 Å². The molecule has 1 aromatic carbocycles. The second-order valence-electron chi connectivity index (χ2n) is 4.30. The van der Waals surface area contributed by atoms with Gasteiger partial charge in [0.25, 0.3) is 0 Å². The lowest BCUT2D eigenvalue weighted by atomic mass is 10.1. The van der Waals surface area contributed by atoms with Crippen LogP contribution in [-0.4, -0.2) is 34.4 Å². The van der Waals surface area contributed by atoms with Crippen molar-refractivity contribution in [2.75, 3.05) is 13.2 Å². The summed E-state index contributed by atoms with van der Waals surface area (Å²) in [7, 11) is 0. The first kappa shape index (κ1) is 21.5. The van der Waals surface area contributed by atoms with Crippen molar-refractivity contribution < 1.29 is 20.1 Å². The lowest BCUT2D eigenvalue weighted by Gasteiger charge is -2.05. The van der Waals surface area contributed by atoms with Crippen molar-refractivity contribution in [2.45, 2.75) is 47.0 Å². The Morgan fingerprint density at radius 1 is 1.10 bits per heavy atom. The number of nitrogens with one attached hydrogen (secondary N) is 1. The third-order valence-corrected chi connectivity index (χ3v) is 2.10. The summed E-state index contributed by atoms with van der Waals surface area (Å²) in [5.41, 5.74) is 0.877. The van der Waals surface area contributed by atoms with Gasteiger partial charge in [-0.25, -0.2) is 0 Å². The van der Waals surface area contributed by atoms with Crippen molar-refractivity contribution in [3.05, 3.63) is 23.8 Å². The average Bonchev–Trinajstić information content (AvgIpc) is 2.44. The summed E-state index contributed by atoms with van der Waals surface area (Å²) in [5.74, 6) is -0.247. The highest BCUT2D eigenvalue weighted by Gasteiger charge is 2.01. The molecule has 0 heterocycles. The Balaban J connectivity index is 0. The number of aliphatic hydroxyl groups is 1. The highest BCUT2D eigenvalue weighted by atomic mass is 16.3. The second kappa shape index (κ2) is 14.7. The van der Waals surface area contributed by atoms with E-state index < -0.39 is 0 Å². The van der Waals surface area contributed by atoms with E-state index >= 15 is 0 Å². The maximum absolute atomic E-state index is 10.9.